The van der Waals surface area contributed by atoms with Crippen LogP contribution in [0.5, 0.6) is 0 Å². The molecule has 1 aliphatic carbocycles. The van der Waals surface area contributed by atoms with E-state index in [-0.39, 0.29) is 0 Å². The van der Waals surface area contributed by atoms with Gasteiger partial charge < -0.3 is 0 Å². The lowest BCUT2D eigenvalue weighted by Gasteiger charge is -2.26. The maximum Gasteiger partial charge on any atom is 0.0221 e. The van der Waals surface area contributed by atoms with Crippen LogP contribution >= 0.6 is 27.7 Å². The first kappa shape index (κ1) is 9.60. The number of halogens is 1. The topological polar surface area (TPSA) is 0 Å². The van der Waals surface area contributed by atoms with Gasteiger partial charge >= 0.3 is 0 Å². The summed E-state index contributed by atoms with van der Waals surface area (Å²) >= 11 is 5.45. The first-order chi connectivity index (χ1) is 6.31. The Balaban J connectivity index is 2.26. The van der Waals surface area contributed by atoms with Crippen LogP contribution in [0.4, 0.5) is 0 Å². The fourth-order valence-corrected chi connectivity index (χ4v) is 2.98. The highest BCUT2D eigenvalue weighted by Gasteiger charge is 2.21. The molecule has 0 bridgehead atoms. The molecular weight excluding hydrogens is 244 g/mol. The molecule has 0 nitrogen and oxygen atoms in total. The molecule has 0 amide bonds. The minimum absolute atomic E-state index is 0.824. The van der Waals surface area contributed by atoms with Crippen molar-refractivity contribution in [2.45, 2.75) is 30.1 Å². The summed E-state index contributed by atoms with van der Waals surface area (Å²) in [5.74, 6) is 0.824. The molecule has 0 heterocycles. The predicted molar refractivity (Wildman–Crippen MR) is 62.5 cm³/mol. The van der Waals surface area contributed by atoms with Gasteiger partial charge in [0, 0.05) is 9.37 Å². The van der Waals surface area contributed by atoms with Crippen LogP contribution in [-0.4, -0.2) is 6.26 Å². The van der Waals surface area contributed by atoms with E-state index in [4.69, 9.17) is 0 Å². The Bertz CT molecular complexity index is 305. The van der Waals surface area contributed by atoms with E-state index in [9.17, 15) is 0 Å². The molecule has 1 fully saturated rings. The van der Waals surface area contributed by atoms with Crippen molar-refractivity contribution in [2.75, 3.05) is 6.26 Å². The minimum Gasteiger partial charge on any atom is -0.130 e. The lowest BCUT2D eigenvalue weighted by Crippen LogP contribution is -2.09. The van der Waals surface area contributed by atoms with E-state index in [0.29, 0.717) is 0 Å². The van der Waals surface area contributed by atoms with E-state index in [1.165, 1.54) is 34.2 Å². The third-order valence-corrected chi connectivity index (χ3v) is 4.16. The van der Waals surface area contributed by atoms with Crippen molar-refractivity contribution in [1.82, 2.24) is 0 Å². The zero-order chi connectivity index (χ0) is 9.26. The van der Waals surface area contributed by atoms with Crippen molar-refractivity contribution < 1.29 is 0 Å². The van der Waals surface area contributed by atoms with Gasteiger partial charge in [-0.15, -0.1) is 11.8 Å². The smallest absolute Gasteiger partial charge is 0.0221 e. The molecule has 0 radical (unpaired) electrons. The Kier molecular flexibility index (Phi) is 2.99. The second-order valence-corrected chi connectivity index (χ2v) is 5.25. The van der Waals surface area contributed by atoms with Crippen LogP contribution in [0.1, 0.15) is 30.7 Å². The molecule has 0 N–H and O–H groups in total. The van der Waals surface area contributed by atoms with E-state index < -0.39 is 0 Å². The quantitative estimate of drug-likeness (QED) is 0.706. The van der Waals surface area contributed by atoms with Gasteiger partial charge in [-0.05, 0) is 42.7 Å². The molecule has 1 aliphatic rings. The van der Waals surface area contributed by atoms with Crippen molar-refractivity contribution in [3.8, 4) is 0 Å². The molecule has 1 aromatic carbocycles. The Morgan fingerprint density at radius 1 is 1.38 bits per heavy atom. The van der Waals surface area contributed by atoms with Gasteiger partial charge in [0.05, 0.1) is 0 Å². The van der Waals surface area contributed by atoms with Crippen molar-refractivity contribution in [1.29, 1.82) is 0 Å². The van der Waals surface area contributed by atoms with Crippen LogP contribution in [0.15, 0.2) is 27.6 Å². The maximum absolute atomic E-state index is 3.65. The molecular formula is C11H13BrS. The second kappa shape index (κ2) is 4.05. The monoisotopic (exact) mass is 256 g/mol. The molecule has 0 aliphatic heterocycles. The van der Waals surface area contributed by atoms with Crippen LogP contribution in [0.3, 0.4) is 0 Å². The SMILES string of the molecule is CSc1ccc(C2CCC2)c(Br)c1. The summed E-state index contributed by atoms with van der Waals surface area (Å²) in [6.45, 7) is 0. The summed E-state index contributed by atoms with van der Waals surface area (Å²) in [4.78, 5) is 1.34. The zero-order valence-corrected chi connectivity index (χ0v) is 10.1. The molecule has 0 spiro atoms. The highest BCUT2D eigenvalue weighted by Crippen LogP contribution is 2.40. The molecule has 1 aromatic rings. The van der Waals surface area contributed by atoms with E-state index >= 15 is 0 Å². The van der Waals surface area contributed by atoms with Gasteiger partial charge in [-0.3, -0.25) is 0 Å². The largest absolute Gasteiger partial charge is 0.130 e. The summed E-state index contributed by atoms with van der Waals surface area (Å²) in [7, 11) is 0. The van der Waals surface area contributed by atoms with E-state index in [1.807, 2.05) is 0 Å². The van der Waals surface area contributed by atoms with Gasteiger partial charge in [-0.2, -0.15) is 0 Å². The van der Waals surface area contributed by atoms with E-state index in [1.54, 1.807) is 11.8 Å². The lowest BCUT2D eigenvalue weighted by molar-refractivity contribution is 0.418. The molecule has 0 aromatic heterocycles. The van der Waals surface area contributed by atoms with Gasteiger partial charge in [-0.1, -0.05) is 28.4 Å². The number of hydrogen-bond donors (Lipinski definition) is 0. The van der Waals surface area contributed by atoms with Gasteiger partial charge in [-0.25, -0.2) is 0 Å². The van der Waals surface area contributed by atoms with Crippen molar-refractivity contribution in [3.63, 3.8) is 0 Å². The van der Waals surface area contributed by atoms with Crippen molar-refractivity contribution >= 4 is 27.7 Å². The van der Waals surface area contributed by atoms with Crippen molar-refractivity contribution in [3.05, 3.63) is 28.2 Å². The molecule has 0 atom stereocenters. The first-order valence-electron chi connectivity index (χ1n) is 4.64. The fraction of sp³-hybridized carbons (Fsp3) is 0.455. The highest BCUT2D eigenvalue weighted by atomic mass is 79.9. The summed E-state index contributed by atoms with van der Waals surface area (Å²) in [6.07, 6.45) is 6.26. The summed E-state index contributed by atoms with van der Waals surface area (Å²) in [5, 5.41) is 0. The van der Waals surface area contributed by atoms with Crippen LogP contribution in [0.25, 0.3) is 0 Å². The minimum atomic E-state index is 0.824. The molecule has 2 rings (SSSR count). The van der Waals surface area contributed by atoms with Gasteiger partial charge in [0.1, 0.15) is 0 Å². The summed E-state index contributed by atoms with van der Waals surface area (Å²) in [5.41, 5.74) is 1.50. The van der Waals surface area contributed by atoms with Crippen molar-refractivity contribution in [2.24, 2.45) is 0 Å². The molecule has 13 heavy (non-hydrogen) atoms. The van der Waals surface area contributed by atoms with Gasteiger partial charge in [0.15, 0.2) is 0 Å². The number of rotatable bonds is 2. The molecule has 70 valence electrons. The Hall–Kier alpha value is 0.0500. The average molecular weight is 257 g/mol. The number of hydrogen-bond acceptors (Lipinski definition) is 1. The fourth-order valence-electron chi connectivity index (χ4n) is 1.69. The van der Waals surface area contributed by atoms with Crippen LogP contribution < -0.4 is 0 Å². The number of benzene rings is 1. The summed E-state index contributed by atoms with van der Waals surface area (Å²) in [6, 6.07) is 6.74. The normalized spacial score (nSPS) is 17.1. The van der Waals surface area contributed by atoms with E-state index in [0.717, 1.165) is 5.92 Å². The number of thioether (sulfide) groups is 1. The zero-order valence-electron chi connectivity index (χ0n) is 7.72. The molecule has 0 saturated heterocycles. The highest BCUT2D eigenvalue weighted by molar-refractivity contribution is 9.10. The third kappa shape index (κ3) is 1.94. The summed E-state index contributed by atoms with van der Waals surface area (Å²) < 4.78 is 1.30. The standard InChI is InChI=1S/C11H13BrS/c1-13-9-5-6-10(11(12)7-9)8-3-2-4-8/h5-8H,2-4H2,1H3. The Morgan fingerprint density at radius 3 is 2.62 bits per heavy atom. The average Bonchev–Trinajstić information content (AvgIpc) is 2.05. The van der Waals surface area contributed by atoms with Crippen LogP contribution in [0, 0.1) is 0 Å². The first-order valence-corrected chi connectivity index (χ1v) is 6.66. The van der Waals surface area contributed by atoms with Gasteiger partial charge in [0.2, 0.25) is 0 Å². The van der Waals surface area contributed by atoms with Crippen LogP contribution in [-0.2, 0) is 0 Å². The van der Waals surface area contributed by atoms with E-state index in [2.05, 4.69) is 40.4 Å². The van der Waals surface area contributed by atoms with Gasteiger partial charge in [0.25, 0.3) is 0 Å². The third-order valence-electron chi connectivity index (χ3n) is 2.75. The Labute approximate surface area is 92.2 Å². The van der Waals surface area contributed by atoms with Crippen LogP contribution in [0.2, 0.25) is 0 Å². The molecule has 2 heteroatoms. The maximum atomic E-state index is 3.65. The molecule has 0 unspecified atom stereocenters. The second-order valence-electron chi connectivity index (χ2n) is 3.52. The molecule has 1 saturated carbocycles. The lowest BCUT2D eigenvalue weighted by atomic mass is 9.80. The predicted octanol–water partition coefficient (Wildman–Crippen LogP) is 4.44. The Morgan fingerprint density at radius 2 is 2.15 bits per heavy atom.